The van der Waals surface area contributed by atoms with E-state index in [4.69, 9.17) is 0 Å². The molecule has 0 fully saturated rings. The van der Waals surface area contributed by atoms with Gasteiger partial charge in [0.2, 0.25) is 0 Å². The van der Waals surface area contributed by atoms with Gasteiger partial charge in [0.05, 0.1) is 5.69 Å². The largest absolute Gasteiger partial charge is 0.267 e. The summed E-state index contributed by atoms with van der Waals surface area (Å²) in [5.74, 6) is 0. The van der Waals surface area contributed by atoms with Crippen LogP contribution in [-0.2, 0) is 13.0 Å². The van der Waals surface area contributed by atoms with Crippen molar-refractivity contribution in [3.63, 3.8) is 0 Å². The molecule has 11 heavy (non-hydrogen) atoms. The number of aromatic nitrogens is 2. The number of rotatable bonds is 3. The van der Waals surface area contributed by atoms with Crippen molar-refractivity contribution in [3.8, 4) is 0 Å². The van der Waals surface area contributed by atoms with Gasteiger partial charge in [-0.3, -0.25) is 4.68 Å². The summed E-state index contributed by atoms with van der Waals surface area (Å²) in [6, 6.07) is 1.75. The number of hydrogen-bond acceptors (Lipinski definition) is 1. The zero-order valence-electron chi connectivity index (χ0n) is 6.30. The Morgan fingerprint density at radius 3 is 2.82 bits per heavy atom. The quantitative estimate of drug-likeness (QED) is 0.658. The maximum absolute atomic E-state index is 11.8. The van der Waals surface area contributed by atoms with Gasteiger partial charge < -0.3 is 0 Å². The Morgan fingerprint density at radius 1 is 1.64 bits per heavy atom. The summed E-state index contributed by atoms with van der Waals surface area (Å²) in [4.78, 5) is 0. The highest BCUT2D eigenvalue weighted by Crippen LogP contribution is 2.00. The Balaban J connectivity index is 2.58. The van der Waals surface area contributed by atoms with E-state index in [0.717, 1.165) is 12.1 Å². The monoisotopic (exact) mass is 160 g/mol. The Kier molecular flexibility index (Phi) is 2.57. The minimum Gasteiger partial charge on any atom is -0.267 e. The molecule has 0 unspecified atom stereocenters. The van der Waals surface area contributed by atoms with Crippen LogP contribution in [0.2, 0.25) is 0 Å². The van der Waals surface area contributed by atoms with Gasteiger partial charge in [0.15, 0.2) is 0 Å². The van der Waals surface area contributed by atoms with Crippen LogP contribution >= 0.6 is 0 Å². The molecule has 0 bridgehead atoms. The molecule has 1 rings (SSSR count). The molecular formula is C7H10F2N2. The molecule has 1 aromatic heterocycles. The van der Waals surface area contributed by atoms with Crippen LogP contribution in [0.3, 0.4) is 0 Å². The second kappa shape index (κ2) is 3.46. The minimum absolute atomic E-state index is 0.306. The van der Waals surface area contributed by atoms with Crippen LogP contribution in [0.4, 0.5) is 8.78 Å². The maximum atomic E-state index is 11.8. The highest BCUT2D eigenvalue weighted by molar-refractivity contribution is 4.97. The fraction of sp³-hybridized carbons (Fsp3) is 0.571. The Labute approximate surface area is 63.8 Å². The molecule has 0 aliphatic carbocycles. The molecule has 0 N–H and O–H groups in total. The summed E-state index contributed by atoms with van der Waals surface area (Å²) in [5.41, 5.74) is 0.852. The molecule has 0 aliphatic heterocycles. The van der Waals surface area contributed by atoms with E-state index in [1.807, 2.05) is 6.92 Å². The smallest absolute Gasteiger partial charge is 0.257 e. The first-order valence-electron chi connectivity index (χ1n) is 3.53. The van der Waals surface area contributed by atoms with Crippen LogP contribution in [-0.4, -0.2) is 16.2 Å². The van der Waals surface area contributed by atoms with E-state index in [0.29, 0.717) is 0 Å². The number of alkyl halides is 2. The molecule has 0 atom stereocenters. The lowest BCUT2D eigenvalue weighted by molar-refractivity contribution is 0.121. The average Bonchev–Trinajstić information content (AvgIpc) is 2.34. The summed E-state index contributed by atoms with van der Waals surface area (Å²) in [5, 5.41) is 3.91. The molecule has 0 spiro atoms. The molecule has 0 saturated carbocycles. The SMILES string of the molecule is CCc1ccn(CC(F)F)n1. The molecule has 62 valence electrons. The predicted molar refractivity (Wildman–Crippen MR) is 37.6 cm³/mol. The third kappa shape index (κ3) is 2.29. The Morgan fingerprint density at radius 2 is 2.36 bits per heavy atom. The fourth-order valence-corrected chi connectivity index (χ4v) is 0.835. The van der Waals surface area contributed by atoms with E-state index in [1.54, 1.807) is 12.3 Å². The van der Waals surface area contributed by atoms with Gasteiger partial charge in [0.25, 0.3) is 6.43 Å². The molecule has 4 heteroatoms. The first-order valence-corrected chi connectivity index (χ1v) is 3.53. The molecule has 1 aromatic rings. The molecule has 2 nitrogen and oxygen atoms in total. The lowest BCUT2D eigenvalue weighted by Gasteiger charge is -1.97. The van der Waals surface area contributed by atoms with Gasteiger partial charge in [0.1, 0.15) is 6.54 Å². The van der Waals surface area contributed by atoms with Crippen molar-refractivity contribution in [2.24, 2.45) is 0 Å². The van der Waals surface area contributed by atoms with Gasteiger partial charge in [-0.1, -0.05) is 6.92 Å². The molecular weight excluding hydrogens is 150 g/mol. The number of hydrogen-bond donors (Lipinski definition) is 0. The van der Waals surface area contributed by atoms with Crippen LogP contribution in [0.25, 0.3) is 0 Å². The highest BCUT2D eigenvalue weighted by Gasteiger charge is 2.04. The van der Waals surface area contributed by atoms with Crippen LogP contribution in [0.5, 0.6) is 0 Å². The second-order valence-corrected chi connectivity index (χ2v) is 2.27. The molecule has 0 aromatic carbocycles. The Hall–Kier alpha value is -0.930. The van der Waals surface area contributed by atoms with E-state index in [1.165, 1.54) is 4.68 Å². The summed E-state index contributed by atoms with van der Waals surface area (Å²) in [6.07, 6.45) is 0.0425. The van der Waals surface area contributed by atoms with Crippen molar-refractivity contribution in [1.82, 2.24) is 9.78 Å². The van der Waals surface area contributed by atoms with E-state index >= 15 is 0 Å². The highest BCUT2D eigenvalue weighted by atomic mass is 19.3. The minimum atomic E-state index is -2.32. The predicted octanol–water partition coefficient (Wildman–Crippen LogP) is 1.71. The molecule has 0 aliphatic rings. The van der Waals surface area contributed by atoms with Gasteiger partial charge in [-0.05, 0) is 12.5 Å². The summed E-state index contributed by atoms with van der Waals surface area (Å²) >= 11 is 0. The van der Waals surface area contributed by atoms with Crippen molar-refractivity contribution in [1.29, 1.82) is 0 Å². The number of nitrogens with zero attached hydrogens (tertiary/aromatic N) is 2. The molecule has 0 radical (unpaired) electrons. The van der Waals surface area contributed by atoms with E-state index < -0.39 is 6.43 Å². The first kappa shape index (κ1) is 8.17. The summed E-state index contributed by atoms with van der Waals surface area (Å²) in [7, 11) is 0. The normalized spacial score (nSPS) is 10.9. The van der Waals surface area contributed by atoms with Crippen molar-refractivity contribution in [3.05, 3.63) is 18.0 Å². The van der Waals surface area contributed by atoms with Gasteiger partial charge in [-0.2, -0.15) is 5.10 Å². The summed E-state index contributed by atoms with van der Waals surface area (Å²) in [6.45, 7) is 1.63. The topological polar surface area (TPSA) is 17.8 Å². The second-order valence-electron chi connectivity index (χ2n) is 2.27. The van der Waals surface area contributed by atoms with Crippen LogP contribution in [0.1, 0.15) is 12.6 Å². The zero-order valence-corrected chi connectivity index (χ0v) is 6.30. The zero-order chi connectivity index (χ0) is 8.27. The van der Waals surface area contributed by atoms with E-state index in [2.05, 4.69) is 5.10 Å². The van der Waals surface area contributed by atoms with Gasteiger partial charge in [-0.25, -0.2) is 8.78 Å². The van der Waals surface area contributed by atoms with Crippen molar-refractivity contribution in [2.45, 2.75) is 26.3 Å². The summed E-state index contributed by atoms with van der Waals surface area (Å²) < 4.78 is 24.8. The van der Waals surface area contributed by atoms with Crippen molar-refractivity contribution < 1.29 is 8.78 Å². The standard InChI is InChI=1S/C7H10F2N2/c1-2-6-3-4-11(10-6)5-7(8)9/h3-4,7H,2,5H2,1H3. The van der Waals surface area contributed by atoms with Crippen LogP contribution < -0.4 is 0 Å². The van der Waals surface area contributed by atoms with Gasteiger partial charge in [0, 0.05) is 6.20 Å². The van der Waals surface area contributed by atoms with Crippen molar-refractivity contribution >= 4 is 0 Å². The number of aryl methyl sites for hydroxylation is 1. The van der Waals surface area contributed by atoms with E-state index in [-0.39, 0.29) is 6.54 Å². The third-order valence-electron chi connectivity index (χ3n) is 1.38. The average molecular weight is 160 g/mol. The lowest BCUT2D eigenvalue weighted by atomic mass is 10.4. The fourth-order valence-electron chi connectivity index (χ4n) is 0.835. The number of halogens is 2. The van der Waals surface area contributed by atoms with Gasteiger partial charge in [-0.15, -0.1) is 0 Å². The van der Waals surface area contributed by atoms with Crippen molar-refractivity contribution in [2.75, 3.05) is 0 Å². The maximum Gasteiger partial charge on any atom is 0.257 e. The molecule has 0 amide bonds. The first-order chi connectivity index (χ1) is 5.22. The van der Waals surface area contributed by atoms with E-state index in [9.17, 15) is 8.78 Å². The Bertz CT molecular complexity index is 220. The van der Waals surface area contributed by atoms with Gasteiger partial charge >= 0.3 is 0 Å². The molecule has 0 saturated heterocycles. The third-order valence-corrected chi connectivity index (χ3v) is 1.38. The lowest BCUT2D eigenvalue weighted by Crippen LogP contribution is -2.07. The van der Waals surface area contributed by atoms with Crippen LogP contribution in [0, 0.1) is 0 Å². The van der Waals surface area contributed by atoms with Crippen LogP contribution in [0.15, 0.2) is 12.3 Å². The molecule has 1 heterocycles.